The lowest BCUT2D eigenvalue weighted by atomic mass is 10.2. The largest absolute Gasteiger partial charge is 0.444 e. The van der Waals surface area contributed by atoms with E-state index in [0.29, 0.717) is 13.1 Å². The van der Waals surface area contributed by atoms with Gasteiger partial charge < -0.3 is 9.64 Å². The molecule has 0 aromatic rings. The van der Waals surface area contributed by atoms with E-state index in [4.69, 9.17) is 4.74 Å². The van der Waals surface area contributed by atoms with Gasteiger partial charge in [-0.05, 0) is 33.6 Å². The Morgan fingerprint density at radius 1 is 1.18 bits per heavy atom. The lowest BCUT2D eigenvalue weighted by Crippen LogP contribution is -2.37. The van der Waals surface area contributed by atoms with Crippen LogP contribution in [-0.4, -0.2) is 47.2 Å². The van der Waals surface area contributed by atoms with E-state index in [1.165, 1.54) is 9.80 Å². The van der Waals surface area contributed by atoms with Gasteiger partial charge in [-0.2, -0.15) is 0 Å². The van der Waals surface area contributed by atoms with E-state index in [0.717, 1.165) is 0 Å². The second-order valence-electron chi connectivity index (χ2n) is 4.83. The minimum atomic E-state index is -0.516. The predicted octanol–water partition coefficient (Wildman–Crippen LogP) is 1.05. The summed E-state index contributed by atoms with van der Waals surface area (Å²) in [5.41, 5.74) is -0.516. The highest BCUT2D eigenvalue weighted by molar-refractivity contribution is 5.93. The second-order valence-corrected chi connectivity index (χ2v) is 4.83. The molecule has 1 saturated heterocycles. The molecule has 17 heavy (non-hydrogen) atoms. The van der Waals surface area contributed by atoms with Crippen LogP contribution in [0.1, 0.15) is 27.7 Å². The molecule has 5 heteroatoms. The van der Waals surface area contributed by atoms with Crippen LogP contribution in [0, 0.1) is 11.8 Å². The monoisotopic (exact) mass is 238 g/mol. The maximum absolute atomic E-state index is 11.7. The van der Waals surface area contributed by atoms with Crippen molar-refractivity contribution in [2.24, 2.45) is 0 Å². The lowest BCUT2D eigenvalue weighted by molar-refractivity contribution is -0.124. The zero-order valence-electron chi connectivity index (χ0n) is 10.7. The normalized spacial score (nSPS) is 15.3. The van der Waals surface area contributed by atoms with E-state index >= 15 is 0 Å². The number of amides is 2. The Morgan fingerprint density at radius 2 is 1.76 bits per heavy atom. The fraction of sp³-hybridized carbons (Fsp3) is 0.667. The summed E-state index contributed by atoms with van der Waals surface area (Å²) in [6.45, 7) is 8.30. The molecule has 0 bridgehead atoms. The summed E-state index contributed by atoms with van der Waals surface area (Å²) in [6, 6.07) is 0. The van der Waals surface area contributed by atoms with Crippen molar-refractivity contribution in [2.75, 3.05) is 19.8 Å². The summed E-state index contributed by atoms with van der Waals surface area (Å²) in [4.78, 5) is 26.2. The third-order valence-electron chi connectivity index (χ3n) is 2.15. The first-order valence-corrected chi connectivity index (χ1v) is 5.53. The standard InChI is InChI=1S/C12H18N2O3/c1-5-6-10(15)13-7-8-14(9-13)11(16)17-12(2,3)4/h7-9H2,1-4H3. The molecule has 0 radical (unpaired) electrons. The van der Waals surface area contributed by atoms with Gasteiger partial charge >= 0.3 is 6.09 Å². The molecule has 0 saturated carbocycles. The van der Waals surface area contributed by atoms with Crippen LogP contribution < -0.4 is 0 Å². The molecule has 5 nitrogen and oxygen atoms in total. The molecule has 1 heterocycles. The average Bonchev–Trinajstić information content (AvgIpc) is 2.63. The second kappa shape index (κ2) is 5.09. The van der Waals surface area contributed by atoms with Crippen molar-refractivity contribution >= 4 is 12.0 Å². The van der Waals surface area contributed by atoms with Crippen LogP contribution in [0.4, 0.5) is 4.79 Å². The molecule has 94 valence electrons. The van der Waals surface area contributed by atoms with E-state index in [9.17, 15) is 9.59 Å². The third kappa shape index (κ3) is 3.99. The van der Waals surface area contributed by atoms with Gasteiger partial charge in [-0.1, -0.05) is 5.92 Å². The first-order valence-electron chi connectivity index (χ1n) is 5.53. The Hall–Kier alpha value is -1.70. The highest BCUT2D eigenvalue weighted by Gasteiger charge is 2.29. The van der Waals surface area contributed by atoms with E-state index in [2.05, 4.69) is 11.8 Å². The molecule has 0 aromatic heterocycles. The summed E-state index contributed by atoms with van der Waals surface area (Å²) in [5.74, 6) is 4.75. The van der Waals surface area contributed by atoms with Crippen molar-refractivity contribution in [1.82, 2.24) is 9.80 Å². The fourth-order valence-corrected chi connectivity index (χ4v) is 1.42. The van der Waals surface area contributed by atoms with Crippen molar-refractivity contribution in [2.45, 2.75) is 33.3 Å². The minimum absolute atomic E-state index is 0.251. The molecule has 2 amide bonds. The van der Waals surface area contributed by atoms with Crippen molar-refractivity contribution in [1.29, 1.82) is 0 Å². The zero-order chi connectivity index (χ0) is 13.1. The molecule has 1 rings (SSSR count). The smallest absolute Gasteiger partial charge is 0.411 e. The van der Waals surface area contributed by atoms with E-state index in [1.807, 2.05) is 20.8 Å². The summed E-state index contributed by atoms with van der Waals surface area (Å²) in [6.07, 6.45) is -0.391. The quantitative estimate of drug-likeness (QED) is 0.593. The molecular weight excluding hydrogens is 220 g/mol. The van der Waals surface area contributed by atoms with E-state index in [1.54, 1.807) is 6.92 Å². The van der Waals surface area contributed by atoms with Gasteiger partial charge in [0.05, 0.1) is 0 Å². The van der Waals surface area contributed by atoms with Gasteiger partial charge in [-0.15, -0.1) is 0 Å². The zero-order valence-corrected chi connectivity index (χ0v) is 10.7. The average molecular weight is 238 g/mol. The number of rotatable bonds is 0. The van der Waals surface area contributed by atoms with Crippen molar-refractivity contribution in [3.8, 4) is 11.8 Å². The van der Waals surface area contributed by atoms with Crippen molar-refractivity contribution < 1.29 is 14.3 Å². The Morgan fingerprint density at radius 3 is 2.29 bits per heavy atom. The van der Waals surface area contributed by atoms with Gasteiger partial charge in [0.2, 0.25) is 0 Å². The minimum Gasteiger partial charge on any atom is -0.444 e. The molecular formula is C12H18N2O3. The molecule has 0 aromatic carbocycles. The summed E-state index contributed by atoms with van der Waals surface area (Å²) in [5, 5.41) is 0. The molecule has 0 atom stereocenters. The maximum Gasteiger partial charge on any atom is 0.411 e. The van der Waals surface area contributed by atoms with Crippen LogP contribution in [0.15, 0.2) is 0 Å². The molecule has 0 spiro atoms. The highest BCUT2D eigenvalue weighted by atomic mass is 16.6. The Balaban J connectivity index is 2.52. The fourth-order valence-electron chi connectivity index (χ4n) is 1.42. The summed E-state index contributed by atoms with van der Waals surface area (Å²) < 4.78 is 5.22. The maximum atomic E-state index is 11.7. The SMILES string of the molecule is CC#CC(=O)N1CCN(C(=O)OC(C)(C)C)C1. The Labute approximate surface area is 102 Å². The van der Waals surface area contributed by atoms with E-state index < -0.39 is 11.7 Å². The Kier molecular flexibility index (Phi) is 4.00. The van der Waals surface area contributed by atoms with E-state index in [-0.39, 0.29) is 12.6 Å². The highest BCUT2D eigenvalue weighted by Crippen LogP contribution is 2.13. The first-order chi connectivity index (χ1) is 7.83. The van der Waals surface area contributed by atoms with Gasteiger partial charge in [0, 0.05) is 13.1 Å². The number of carbonyl (C=O) groups excluding carboxylic acids is 2. The number of ether oxygens (including phenoxy) is 1. The van der Waals surface area contributed by atoms with Crippen LogP contribution in [0.25, 0.3) is 0 Å². The molecule has 0 aliphatic carbocycles. The van der Waals surface area contributed by atoms with Crippen LogP contribution in [0.3, 0.4) is 0 Å². The number of nitrogens with zero attached hydrogens (tertiary/aromatic N) is 2. The lowest BCUT2D eigenvalue weighted by Gasteiger charge is -2.24. The number of carbonyl (C=O) groups is 2. The van der Waals surface area contributed by atoms with Gasteiger partial charge in [0.15, 0.2) is 0 Å². The van der Waals surface area contributed by atoms with Crippen molar-refractivity contribution in [3.63, 3.8) is 0 Å². The topological polar surface area (TPSA) is 49.9 Å². The van der Waals surface area contributed by atoms with Crippen LogP contribution in [0.5, 0.6) is 0 Å². The molecule has 1 aliphatic heterocycles. The predicted molar refractivity (Wildman–Crippen MR) is 63.0 cm³/mol. The number of hydrogen-bond acceptors (Lipinski definition) is 3. The van der Waals surface area contributed by atoms with Crippen molar-refractivity contribution in [3.05, 3.63) is 0 Å². The van der Waals surface area contributed by atoms with Gasteiger partial charge in [-0.3, -0.25) is 9.69 Å². The first kappa shape index (κ1) is 13.4. The molecule has 0 unspecified atom stereocenters. The summed E-state index contributed by atoms with van der Waals surface area (Å²) in [7, 11) is 0. The van der Waals surface area contributed by atoms with Crippen LogP contribution >= 0.6 is 0 Å². The van der Waals surface area contributed by atoms with Crippen LogP contribution in [0.2, 0.25) is 0 Å². The Bertz CT molecular complexity index is 373. The summed E-state index contributed by atoms with van der Waals surface area (Å²) >= 11 is 0. The third-order valence-corrected chi connectivity index (χ3v) is 2.15. The van der Waals surface area contributed by atoms with Crippen LogP contribution in [-0.2, 0) is 9.53 Å². The van der Waals surface area contributed by atoms with Gasteiger partial charge in [0.1, 0.15) is 12.3 Å². The number of hydrogen-bond donors (Lipinski definition) is 0. The van der Waals surface area contributed by atoms with Gasteiger partial charge in [-0.25, -0.2) is 4.79 Å². The molecule has 1 fully saturated rings. The van der Waals surface area contributed by atoms with Gasteiger partial charge in [0.25, 0.3) is 5.91 Å². The molecule has 1 aliphatic rings. The molecule has 0 N–H and O–H groups in total.